The van der Waals surface area contributed by atoms with Crippen LogP contribution >= 0.6 is 0 Å². The SMILES string of the molecule is CNC(C)c1cnc(CC(C)OC)nc1C. The van der Waals surface area contributed by atoms with Crippen molar-refractivity contribution in [2.45, 2.75) is 39.3 Å². The van der Waals surface area contributed by atoms with Crippen molar-refractivity contribution >= 4 is 0 Å². The highest BCUT2D eigenvalue weighted by Gasteiger charge is 2.10. The van der Waals surface area contributed by atoms with Gasteiger partial charge in [0.25, 0.3) is 0 Å². The lowest BCUT2D eigenvalue weighted by atomic mass is 10.1. The van der Waals surface area contributed by atoms with E-state index in [0.717, 1.165) is 23.5 Å². The van der Waals surface area contributed by atoms with Gasteiger partial charge in [0.1, 0.15) is 5.82 Å². The molecule has 2 unspecified atom stereocenters. The molecule has 0 aromatic carbocycles. The zero-order valence-corrected chi connectivity index (χ0v) is 10.7. The van der Waals surface area contributed by atoms with Crippen LogP contribution in [0.3, 0.4) is 0 Å². The molecule has 90 valence electrons. The summed E-state index contributed by atoms with van der Waals surface area (Å²) in [6, 6.07) is 0.286. The highest BCUT2D eigenvalue weighted by molar-refractivity contribution is 5.19. The third-order valence-electron chi connectivity index (χ3n) is 2.84. The molecule has 1 aromatic heterocycles. The third-order valence-corrected chi connectivity index (χ3v) is 2.84. The molecular formula is C12H21N3O. The van der Waals surface area contributed by atoms with Crippen molar-refractivity contribution in [3.8, 4) is 0 Å². The standard InChI is InChI=1S/C12H21N3O/c1-8(16-5)6-12-14-7-11(9(2)13-4)10(3)15-12/h7-9,13H,6H2,1-5H3. The number of methoxy groups -OCH3 is 1. The summed E-state index contributed by atoms with van der Waals surface area (Å²) in [4.78, 5) is 8.86. The van der Waals surface area contributed by atoms with Crippen LogP contribution < -0.4 is 5.32 Å². The van der Waals surface area contributed by atoms with Crippen LogP contribution in [-0.4, -0.2) is 30.2 Å². The van der Waals surface area contributed by atoms with E-state index in [4.69, 9.17) is 4.74 Å². The second-order valence-electron chi connectivity index (χ2n) is 4.09. The summed E-state index contributed by atoms with van der Waals surface area (Å²) in [6.45, 7) is 6.14. The van der Waals surface area contributed by atoms with E-state index in [1.54, 1.807) is 7.11 Å². The van der Waals surface area contributed by atoms with E-state index in [1.165, 1.54) is 0 Å². The van der Waals surface area contributed by atoms with E-state index in [1.807, 2.05) is 27.1 Å². The number of aryl methyl sites for hydroxylation is 1. The van der Waals surface area contributed by atoms with Gasteiger partial charge in [-0.15, -0.1) is 0 Å². The Kier molecular flexibility index (Phi) is 4.83. The molecule has 0 radical (unpaired) electrons. The molecule has 0 aliphatic carbocycles. The summed E-state index contributed by atoms with van der Waals surface area (Å²) < 4.78 is 5.20. The van der Waals surface area contributed by atoms with Crippen molar-refractivity contribution < 1.29 is 4.74 Å². The Hall–Kier alpha value is -1.00. The molecule has 0 aliphatic rings. The maximum absolute atomic E-state index is 5.20. The molecule has 1 N–H and O–H groups in total. The first-order valence-corrected chi connectivity index (χ1v) is 5.61. The van der Waals surface area contributed by atoms with Gasteiger partial charge in [0, 0.05) is 37.0 Å². The Morgan fingerprint density at radius 2 is 2.12 bits per heavy atom. The lowest BCUT2D eigenvalue weighted by Gasteiger charge is -2.14. The Morgan fingerprint density at radius 1 is 1.44 bits per heavy atom. The van der Waals surface area contributed by atoms with Gasteiger partial charge in [0.05, 0.1) is 6.10 Å². The van der Waals surface area contributed by atoms with Crippen molar-refractivity contribution in [3.63, 3.8) is 0 Å². The molecule has 0 saturated heterocycles. The minimum absolute atomic E-state index is 0.159. The zero-order valence-electron chi connectivity index (χ0n) is 10.7. The predicted molar refractivity (Wildman–Crippen MR) is 64.4 cm³/mol. The molecule has 0 saturated carbocycles. The van der Waals surface area contributed by atoms with E-state index in [2.05, 4.69) is 22.2 Å². The van der Waals surface area contributed by atoms with Gasteiger partial charge in [-0.2, -0.15) is 0 Å². The molecule has 4 nitrogen and oxygen atoms in total. The maximum Gasteiger partial charge on any atom is 0.131 e. The van der Waals surface area contributed by atoms with E-state index < -0.39 is 0 Å². The average Bonchev–Trinajstić information content (AvgIpc) is 2.28. The fraction of sp³-hybridized carbons (Fsp3) is 0.667. The summed E-state index contributed by atoms with van der Waals surface area (Å²) in [5.74, 6) is 0.846. The molecule has 1 aromatic rings. The van der Waals surface area contributed by atoms with Gasteiger partial charge in [-0.1, -0.05) is 0 Å². The lowest BCUT2D eigenvalue weighted by Crippen LogP contribution is -2.17. The summed E-state index contributed by atoms with van der Waals surface area (Å²) >= 11 is 0. The van der Waals surface area contributed by atoms with Crippen LogP contribution in [0.2, 0.25) is 0 Å². The van der Waals surface area contributed by atoms with Crippen molar-refractivity contribution in [1.29, 1.82) is 0 Å². The van der Waals surface area contributed by atoms with Crippen LogP contribution in [0.1, 0.15) is 37.0 Å². The summed E-state index contributed by atoms with van der Waals surface area (Å²) in [5.41, 5.74) is 2.19. The number of aromatic nitrogens is 2. The van der Waals surface area contributed by atoms with Crippen LogP contribution in [0, 0.1) is 6.92 Å². The highest BCUT2D eigenvalue weighted by atomic mass is 16.5. The lowest BCUT2D eigenvalue weighted by molar-refractivity contribution is 0.117. The van der Waals surface area contributed by atoms with Gasteiger partial charge in [-0.05, 0) is 27.8 Å². The fourth-order valence-electron chi connectivity index (χ4n) is 1.54. The van der Waals surface area contributed by atoms with Crippen LogP contribution in [0.25, 0.3) is 0 Å². The summed E-state index contributed by atoms with van der Waals surface area (Å²) in [7, 11) is 3.64. The third kappa shape index (κ3) is 3.25. The molecule has 0 bridgehead atoms. The van der Waals surface area contributed by atoms with Gasteiger partial charge >= 0.3 is 0 Å². The zero-order chi connectivity index (χ0) is 12.1. The minimum Gasteiger partial charge on any atom is -0.381 e. The van der Waals surface area contributed by atoms with Crippen LogP contribution in [0.4, 0.5) is 0 Å². The Labute approximate surface area is 97.5 Å². The van der Waals surface area contributed by atoms with Crippen molar-refractivity contribution in [2.75, 3.05) is 14.2 Å². The first-order valence-electron chi connectivity index (χ1n) is 5.61. The predicted octanol–water partition coefficient (Wildman–Crippen LogP) is 1.64. The molecule has 1 heterocycles. The molecule has 0 fully saturated rings. The Morgan fingerprint density at radius 3 is 2.62 bits per heavy atom. The number of hydrogen-bond donors (Lipinski definition) is 1. The fourth-order valence-corrected chi connectivity index (χ4v) is 1.54. The average molecular weight is 223 g/mol. The van der Waals surface area contributed by atoms with E-state index in [-0.39, 0.29) is 12.1 Å². The van der Waals surface area contributed by atoms with E-state index in [0.29, 0.717) is 0 Å². The van der Waals surface area contributed by atoms with E-state index in [9.17, 15) is 0 Å². The van der Waals surface area contributed by atoms with Crippen LogP contribution in [0.15, 0.2) is 6.20 Å². The molecule has 0 spiro atoms. The van der Waals surface area contributed by atoms with Crippen molar-refractivity contribution in [3.05, 3.63) is 23.3 Å². The van der Waals surface area contributed by atoms with Gasteiger partial charge in [0.2, 0.25) is 0 Å². The normalized spacial score (nSPS) is 14.8. The van der Waals surface area contributed by atoms with E-state index >= 15 is 0 Å². The van der Waals surface area contributed by atoms with Gasteiger partial charge in [0.15, 0.2) is 0 Å². The molecule has 4 heteroatoms. The topological polar surface area (TPSA) is 47.0 Å². The summed E-state index contributed by atoms with van der Waals surface area (Å²) in [5, 5.41) is 3.19. The summed E-state index contributed by atoms with van der Waals surface area (Å²) in [6.07, 6.45) is 2.82. The first kappa shape index (κ1) is 13.1. The Bertz CT molecular complexity index is 341. The van der Waals surface area contributed by atoms with Gasteiger partial charge in [-0.25, -0.2) is 9.97 Å². The minimum atomic E-state index is 0.159. The number of hydrogen-bond acceptors (Lipinski definition) is 4. The van der Waals surface area contributed by atoms with Crippen molar-refractivity contribution in [2.24, 2.45) is 0 Å². The number of ether oxygens (including phenoxy) is 1. The van der Waals surface area contributed by atoms with Crippen LogP contribution in [0.5, 0.6) is 0 Å². The smallest absolute Gasteiger partial charge is 0.131 e. The molecular weight excluding hydrogens is 202 g/mol. The van der Waals surface area contributed by atoms with Crippen LogP contribution in [-0.2, 0) is 11.2 Å². The Balaban J connectivity index is 2.82. The molecule has 2 atom stereocenters. The highest BCUT2D eigenvalue weighted by Crippen LogP contribution is 2.14. The van der Waals surface area contributed by atoms with Crippen molar-refractivity contribution in [1.82, 2.24) is 15.3 Å². The molecule has 1 rings (SSSR count). The maximum atomic E-state index is 5.20. The van der Waals surface area contributed by atoms with Gasteiger partial charge in [-0.3, -0.25) is 0 Å². The molecule has 16 heavy (non-hydrogen) atoms. The largest absolute Gasteiger partial charge is 0.381 e. The molecule has 0 aliphatic heterocycles. The monoisotopic (exact) mass is 223 g/mol. The number of rotatable bonds is 5. The van der Waals surface area contributed by atoms with Gasteiger partial charge < -0.3 is 10.1 Å². The number of nitrogens with zero attached hydrogens (tertiary/aromatic N) is 2. The second kappa shape index (κ2) is 5.92. The number of nitrogens with one attached hydrogen (secondary N) is 1. The first-order chi connectivity index (χ1) is 7.58. The quantitative estimate of drug-likeness (QED) is 0.824. The second-order valence-corrected chi connectivity index (χ2v) is 4.09. The molecule has 0 amide bonds.